The van der Waals surface area contributed by atoms with Crippen molar-refractivity contribution in [3.8, 4) is 5.75 Å². The van der Waals surface area contributed by atoms with E-state index in [2.05, 4.69) is 9.97 Å². The van der Waals surface area contributed by atoms with Crippen LogP contribution in [0.1, 0.15) is 46.0 Å². The third-order valence-electron chi connectivity index (χ3n) is 5.34. The number of rotatable bonds is 8. The molecule has 1 aromatic heterocycles. The number of benzene rings is 2. The summed E-state index contributed by atoms with van der Waals surface area (Å²) in [4.78, 5) is 33.2. The SMILES string of the molecule is CC(=O)c1ccc(OC(=O)c2cccc(S(=O)(=O)N3CCCC3)c2)c(CSc2ncccn2)c1. The van der Waals surface area contributed by atoms with Crippen LogP contribution in [-0.4, -0.2) is 47.5 Å². The normalized spacial score (nSPS) is 14.1. The van der Waals surface area contributed by atoms with Gasteiger partial charge in [-0.25, -0.2) is 23.2 Å². The quantitative estimate of drug-likeness (QED) is 0.151. The van der Waals surface area contributed by atoms with Crippen molar-refractivity contribution in [1.82, 2.24) is 14.3 Å². The van der Waals surface area contributed by atoms with Crippen LogP contribution in [0.4, 0.5) is 0 Å². The number of ketones is 1. The topological polar surface area (TPSA) is 107 Å². The van der Waals surface area contributed by atoms with E-state index in [4.69, 9.17) is 4.74 Å². The van der Waals surface area contributed by atoms with Crippen molar-refractivity contribution in [2.24, 2.45) is 0 Å². The Morgan fingerprint density at radius 1 is 1.00 bits per heavy atom. The molecule has 4 rings (SSSR count). The fraction of sp³-hybridized carbons (Fsp3) is 0.250. The molecule has 0 atom stereocenters. The number of sulfonamides is 1. The van der Waals surface area contributed by atoms with Gasteiger partial charge in [0.05, 0.1) is 10.5 Å². The number of esters is 1. The smallest absolute Gasteiger partial charge is 0.343 e. The van der Waals surface area contributed by atoms with Crippen molar-refractivity contribution in [2.75, 3.05) is 13.1 Å². The predicted molar refractivity (Wildman–Crippen MR) is 127 cm³/mol. The number of hydrogen-bond acceptors (Lipinski definition) is 8. The molecule has 1 aliphatic rings. The summed E-state index contributed by atoms with van der Waals surface area (Å²) in [5, 5.41) is 0.549. The van der Waals surface area contributed by atoms with E-state index in [1.165, 1.54) is 47.3 Å². The zero-order chi connectivity index (χ0) is 24.1. The van der Waals surface area contributed by atoms with E-state index in [1.807, 2.05) is 0 Å². The molecule has 176 valence electrons. The molecule has 0 saturated carbocycles. The van der Waals surface area contributed by atoms with Gasteiger partial charge in [-0.3, -0.25) is 4.79 Å². The molecule has 0 unspecified atom stereocenters. The molecule has 0 bridgehead atoms. The maximum atomic E-state index is 12.9. The first-order valence-electron chi connectivity index (χ1n) is 10.7. The molecule has 0 N–H and O–H groups in total. The highest BCUT2D eigenvalue weighted by Crippen LogP contribution is 2.29. The average Bonchev–Trinajstić information content (AvgIpc) is 3.40. The van der Waals surface area contributed by atoms with Crippen LogP contribution in [0.3, 0.4) is 0 Å². The Morgan fingerprint density at radius 3 is 2.44 bits per heavy atom. The Morgan fingerprint density at radius 2 is 1.74 bits per heavy atom. The molecular weight excluding hydrogens is 474 g/mol. The third kappa shape index (κ3) is 5.52. The Balaban J connectivity index is 1.57. The summed E-state index contributed by atoms with van der Waals surface area (Å²) < 4.78 is 32.8. The summed E-state index contributed by atoms with van der Waals surface area (Å²) in [7, 11) is -3.66. The van der Waals surface area contributed by atoms with Crippen molar-refractivity contribution >= 4 is 33.5 Å². The Hall–Kier alpha value is -3.08. The van der Waals surface area contributed by atoms with Gasteiger partial charge >= 0.3 is 5.97 Å². The zero-order valence-electron chi connectivity index (χ0n) is 18.5. The molecule has 3 aromatic rings. The minimum absolute atomic E-state index is 0.0628. The average molecular weight is 498 g/mol. The van der Waals surface area contributed by atoms with E-state index in [9.17, 15) is 18.0 Å². The van der Waals surface area contributed by atoms with Crippen LogP contribution in [0.5, 0.6) is 5.75 Å². The Labute approximate surface area is 202 Å². The van der Waals surface area contributed by atoms with Crippen LogP contribution in [0.2, 0.25) is 0 Å². The second-order valence-electron chi connectivity index (χ2n) is 7.73. The fourth-order valence-electron chi connectivity index (χ4n) is 3.53. The summed E-state index contributed by atoms with van der Waals surface area (Å²) in [6.45, 7) is 2.42. The van der Waals surface area contributed by atoms with E-state index >= 15 is 0 Å². The monoisotopic (exact) mass is 497 g/mol. The molecule has 1 fully saturated rings. The van der Waals surface area contributed by atoms with Crippen molar-refractivity contribution in [2.45, 2.75) is 35.6 Å². The van der Waals surface area contributed by atoms with Gasteiger partial charge in [-0.15, -0.1) is 0 Å². The molecule has 10 heteroatoms. The zero-order valence-corrected chi connectivity index (χ0v) is 20.1. The van der Waals surface area contributed by atoms with Crippen molar-refractivity contribution in [3.63, 3.8) is 0 Å². The van der Waals surface area contributed by atoms with Crippen LogP contribution in [0, 0.1) is 0 Å². The number of nitrogens with zero attached hydrogens (tertiary/aromatic N) is 3. The molecule has 1 aliphatic heterocycles. The van der Waals surface area contributed by atoms with E-state index < -0.39 is 16.0 Å². The van der Waals surface area contributed by atoms with Gasteiger partial charge in [0, 0.05) is 42.4 Å². The second kappa shape index (κ2) is 10.5. The molecule has 34 heavy (non-hydrogen) atoms. The van der Waals surface area contributed by atoms with Crippen LogP contribution >= 0.6 is 11.8 Å². The number of Topliss-reactive ketones (excluding diaryl/α,β-unsaturated/α-hetero) is 1. The first-order chi connectivity index (χ1) is 16.3. The van der Waals surface area contributed by atoms with E-state index in [-0.39, 0.29) is 22.0 Å². The highest BCUT2D eigenvalue weighted by atomic mass is 32.2. The van der Waals surface area contributed by atoms with E-state index in [0.717, 1.165) is 12.8 Å². The standard InChI is InChI=1S/C24H23N3O5S2/c1-17(28)18-8-9-22(20(14-18)16-33-24-25-10-5-11-26-24)32-23(29)19-6-4-7-21(15-19)34(30,31)27-12-2-3-13-27/h4-11,14-15H,2-3,12-13,16H2,1H3. The fourth-order valence-corrected chi connectivity index (χ4v) is 5.88. The molecule has 0 spiro atoms. The molecule has 2 aromatic carbocycles. The summed E-state index contributed by atoms with van der Waals surface area (Å²) in [5.41, 5.74) is 1.24. The minimum atomic E-state index is -3.66. The van der Waals surface area contributed by atoms with Crippen LogP contribution < -0.4 is 4.74 Å². The van der Waals surface area contributed by atoms with Crippen LogP contribution in [-0.2, 0) is 15.8 Å². The number of ether oxygens (including phenoxy) is 1. The maximum absolute atomic E-state index is 12.9. The number of hydrogen-bond donors (Lipinski definition) is 0. The molecule has 8 nitrogen and oxygen atoms in total. The van der Waals surface area contributed by atoms with Crippen LogP contribution in [0.15, 0.2) is 71.0 Å². The predicted octanol–water partition coefficient (Wildman–Crippen LogP) is 3.98. The molecule has 2 heterocycles. The Kier molecular flexibility index (Phi) is 7.40. The summed E-state index contributed by atoms with van der Waals surface area (Å²) in [5.74, 6) is -0.140. The number of carbonyl (C=O) groups excluding carboxylic acids is 2. The Bertz CT molecular complexity index is 1310. The number of carbonyl (C=O) groups is 2. The van der Waals surface area contributed by atoms with Gasteiger partial charge in [0.15, 0.2) is 10.9 Å². The van der Waals surface area contributed by atoms with Crippen molar-refractivity contribution in [3.05, 3.63) is 77.6 Å². The first kappa shape index (κ1) is 24.1. The lowest BCUT2D eigenvalue weighted by molar-refractivity contribution is 0.0733. The van der Waals surface area contributed by atoms with Crippen LogP contribution in [0.25, 0.3) is 0 Å². The van der Waals surface area contributed by atoms with Crippen molar-refractivity contribution < 1.29 is 22.7 Å². The second-order valence-corrected chi connectivity index (χ2v) is 10.6. The van der Waals surface area contributed by atoms with Gasteiger partial charge in [-0.05, 0) is 62.2 Å². The minimum Gasteiger partial charge on any atom is -0.423 e. The molecule has 0 amide bonds. The van der Waals surface area contributed by atoms with Gasteiger partial charge in [0.1, 0.15) is 5.75 Å². The van der Waals surface area contributed by atoms with E-state index in [0.29, 0.717) is 35.1 Å². The molecule has 1 saturated heterocycles. The number of thioether (sulfide) groups is 1. The lowest BCUT2D eigenvalue weighted by Gasteiger charge is -2.16. The first-order valence-corrected chi connectivity index (χ1v) is 13.1. The highest BCUT2D eigenvalue weighted by Gasteiger charge is 2.28. The lowest BCUT2D eigenvalue weighted by atomic mass is 10.1. The van der Waals surface area contributed by atoms with Gasteiger partial charge in [-0.1, -0.05) is 17.8 Å². The molecular formula is C24H23N3O5S2. The van der Waals surface area contributed by atoms with Gasteiger partial charge < -0.3 is 4.74 Å². The number of aromatic nitrogens is 2. The summed E-state index contributed by atoms with van der Waals surface area (Å²) >= 11 is 1.34. The van der Waals surface area contributed by atoms with Gasteiger partial charge in [0.2, 0.25) is 10.0 Å². The molecule has 0 radical (unpaired) electrons. The van der Waals surface area contributed by atoms with Gasteiger partial charge in [0.25, 0.3) is 0 Å². The maximum Gasteiger partial charge on any atom is 0.343 e. The third-order valence-corrected chi connectivity index (χ3v) is 8.16. The van der Waals surface area contributed by atoms with Crippen molar-refractivity contribution in [1.29, 1.82) is 0 Å². The summed E-state index contributed by atoms with van der Waals surface area (Å²) in [6, 6.07) is 12.4. The van der Waals surface area contributed by atoms with E-state index in [1.54, 1.807) is 36.7 Å². The lowest BCUT2D eigenvalue weighted by Crippen LogP contribution is -2.28. The largest absolute Gasteiger partial charge is 0.423 e. The summed E-state index contributed by atoms with van der Waals surface area (Å²) in [6.07, 6.45) is 4.91. The molecule has 0 aliphatic carbocycles. The highest BCUT2D eigenvalue weighted by molar-refractivity contribution is 7.98. The van der Waals surface area contributed by atoms with Gasteiger partial charge in [-0.2, -0.15) is 4.31 Å².